The lowest BCUT2D eigenvalue weighted by atomic mass is 10.1. The molecule has 0 spiro atoms. The zero-order valence-corrected chi connectivity index (χ0v) is 13.7. The molecule has 1 aliphatic heterocycles. The minimum absolute atomic E-state index is 0.0473. The third kappa shape index (κ3) is 2.71. The predicted octanol–water partition coefficient (Wildman–Crippen LogP) is 4.24. The van der Waals surface area contributed by atoms with Crippen LogP contribution in [-0.2, 0) is 13.2 Å². The Kier molecular flexibility index (Phi) is 4.02. The molecule has 108 valence electrons. The van der Waals surface area contributed by atoms with E-state index >= 15 is 0 Å². The average molecular weight is 367 g/mol. The third-order valence-corrected chi connectivity index (χ3v) is 4.59. The number of benzene rings is 2. The summed E-state index contributed by atoms with van der Waals surface area (Å²) in [6.07, 6.45) is 0. The molecular weight excluding hydrogens is 354 g/mol. The molecule has 0 saturated heterocycles. The zero-order valence-electron chi connectivity index (χ0n) is 11.4. The molecular formula is C16H13BrClNO2. The van der Waals surface area contributed by atoms with E-state index in [9.17, 15) is 5.11 Å². The second-order valence-electron chi connectivity index (χ2n) is 4.86. The Morgan fingerprint density at radius 1 is 1.38 bits per heavy atom. The number of hydrogen-bond acceptors (Lipinski definition) is 3. The van der Waals surface area contributed by atoms with Gasteiger partial charge >= 0.3 is 0 Å². The normalized spacial score (nSPS) is 13.4. The number of aliphatic imine (C=N–C) groups is 1. The van der Waals surface area contributed by atoms with Crippen LogP contribution in [0.1, 0.15) is 22.3 Å². The number of hydrogen-bond donors (Lipinski definition) is 1. The van der Waals surface area contributed by atoms with Crippen molar-refractivity contribution in [2.75, 3.05) is 0 Å². The molecule has 0 unspecified atom stereocenters. The summed E-state index contributed by atoms with van der Waals surface area (Å²) in [5.74, 6) is 1.19. The van der Waals surface area contributed by atoms with Crippen LogP contribution in [0.15, 0.2) is 39.8 Å². The first-order valence-corrected chi connectivity index (χ1v) is 7.67. The van der Waals surface area contributed by atoms with Gasteiger partial charge in [0.2, 0.25) is 5.90 Å². The van der Waals surface area contributed by atoms with E-state index in [0.717, 1.165) is 26.7 Å². The molecule has 0 atom stereocenters. The summed E-state index contributed by atoms with van der Waals surface area (Å²) in [6.45, 7) is 2.45. The van der Waals surface area contributed by atoms with Crippen molar-refractivity contribution in [1.29, 1.82) is 0 Å². The molecule has 0 saturated carbocycles. The monoisotopic (exact) mass is 365 g/mol. The Hall–Kier alpha value is -1.36. The van der Waals surface area contributed by atoms with E-state index in [1.165, 1.54) is 0 Å². The minimum Gasteiger partial charge on any atom is -0.437 e. The number of fused-ring (bicyclic) bond motifs is 1. The van der Waals surface area contributed by atoms with Gasteiger partial charge in [0.1, 0.15) is 0 Å². The second kappa shape index (κ2) is 5.79. The highest BCUT2D eigenvalue weighted by Gasteiger charge is 2.20. The lowest BCUT2D eigenvalue weighted by Gasteiger charge is -2.20. The molecule has 0 aliphatic carbocycles. The lowest BCUT2D eigenvalue weighted by Crippen LogP contribution is -2.17. The van der Waals surface area contributed by atoms with E-state index in [1.54, 1.807) is 6.07 Å². The van der Waals surface area contributed by atoms with Crippen LogP contribution < -0.4 is 4.74 Å². The Balaban J connectivity index is 2.01. The SMILES string of the molecule is Cc1c(Br)cccc1C1=NCc2cc(CO)cc(Cl)c2O1. The molecule has 21 heavy (non-hydrogen) atoms. The van der Waals surface area contributed by atoms with Crippen LogP contribution >= 0.6 is 27.5 Å². The number of rotatable bonds is 2. The molecule has 0 aromatic heterocycles. The number of halogens is 2. The number of aliphatic hydroxyl groups excluding tert-OH is 1. The Bertz CT molecular complexity index is 743. The van der Waals surface area contributed by atoms with Gasteiger partial charge in [0, 0.05) is 15.6 Å². The lowest BCUT2D eigenvalue weighted by molar-refractivity contribution is 0.281. The Morgan fingerprint density at radius 3 is 2.95 bits per heavy atom. The van der Waals surface area contributed by atoms with Crippen molar-refractivity contribution in [1.82, 2.24) is 0 Å². The average Bonchev–Trinajstić information content (AvgIpc) is 2.49. The smallest absolute Gasteiger partial charge is 0.222 e. The number of aliphatic hydroxyl groups is 1. The van der Waals surface area contributed by atoms with Gasteiger partial charge in [-0.3, -0.25) is 0 Å². The summed E-state index contributed by atoms with van der Waals surface area (Å²) in [4.78, 5) is 4.49. The molecule has 0 radical (unpaired) electrons. The molecule has 0 fully saturated rings. The van der Waals surface area contributed by atoms with Gasteiger partial charge < -0.3 is 9.84 Å². The second-order valence-corrected chi connectivity index (χ2v) is 6.12. The van der Waals surface area contributed by atoms with Gasteiger partial charge in [-0.15, -0.1) is 0 Å². The molecule has 0 amide bonds. The van der Waals surface area contributed by atoms with Crippen LogP contribution in [0.5, 0.6) is 5.75 Å². The van der Waals surface area contributed by atoms with Crippen LogP contribution in [0.2, 0.25) is 5.02 Å². The van der Waals surface area contributed by atoms with Crippen LogP contribution in [0.25, 0.3) is 0 Å². The quantitative estimate of drug-likeness (QED) is 0.863. The van der Waals surface area contributed by atoms with Crippen molar-refractivity contribution >= 4 is 33.4 Å². The van der Waals surface area contributed by atoms with Crippen molar-refractivity contribution in [3.63, 3.8) is 0 Å². The van der Waals surface area contributed by atoms with E-state index < -0.39 is 0 Å². The van der Waals surface area contributed by atoms with Gasteiger partial charge in [-0.2, -0.15) is 0 Å². The largest absolute Gasteiger partial charge is 0.437 e. The van der Waals surface area contributed by atoms with Gasteiger partial charge in [0.15, 0.2) is 5.75 Å². The minimum atomic E-state index is -0.0473. The summed E-state index contributed by atoms with van der Waals surface area (Å²) in [5, 5.41) is 9.72. The van der Waals surface area contributed by atoms with Crippen molar-refractivity contribution in [2.24, 2.45) is 4.99 Å². The van der Waals surface area contributed by atoms with Crippen molar-refractivity contribution in [3.8, 4) is 5.75 Å². The number of ether oxygens (including phenoxy) is 1. The zero-order chi connectivity index (χ0) is 15.0. The Morgan fingerprint density at radius 2 is 2.19 bits per heavy atom. The van der Waals surface area contributed by atoms with E-state index in [-0.39, 0.29) is 6.61 Å². The molecule has 1 aliphatic rings. The van der Waals surface area contributed by atoms with Crippen LogP contribution in [-0.4, -0.2) is 11.0 Å². The van der Waals surface area contributed by atoms with E-state index in [2.05, 4.69) is 20.9 Å². The molecule has 3 nitrogen and oxygen atoms in total. The molecule has 5 heteroatoms. The van der Waals surface area contributed by atoms with Crippen molar-refractivity contribution in [2.45, 2.75) is 20.1 Å². The molecule has 0 bridgehead atoms. The van der Waals surface area contributed by atoms with Gasteiger partial charge in [-0.1, -0.05) is 33.6 Å². The fourth-order valence-electron chi connectivity index (χ4n) is 2.30. The summed E-state index contributed by atoms with van der Waals surface area (Å²) in [7, 11) is 0. The van der Waals surface area contributed by atoms with Crippen molar-refractivity contribution < 1.29 is 9.84 Å². The maximum absolute atomic E-state index is 9.22. The number of nitrogens with zero attached hydrogens (tertiary/aromatic N) is 1. The van der Waals surface area contributed by atoms with E-state index in [1.807, 2.05) is 31.2 Å². The van der Waals surface area contributed by atoms with Crippen molar-refractivity contribution in [3.05, 3.63) is 62.1 Å². The molecule has 3 rings (SSSR count). The van der Waals surface area contributed by atoms with Crippen LogP contribution in [0.4, 0.5) is 0 Å². The van der Waals surface area contributed by atoms with E-state index in [4.69, 9.17) is 16.3 Å². The Labute approximate surface area is 136 Å². The highest BCUT2D eigenvalue weighted by Crippen LogP contribution is 2.35. The summed E-state index contributed by atoms with van der Waals surface area (Å²) in [5.41, 5.74) is 3.67. The van der Waals surface area contributed by atoms with Gasteiger partial charge in [0.05, 0.1) is 18.2 Å². The highest BCUT2D eigenvalue weighted by atomic mass is 79.9. The van der Waals surface area contributed by atoms with Gasteiger partial charge in [-0.25, -0.2) is 4.99 Å². The first-order chi connectivity index (χ1) is 10.1. The van der Waals surface area contributed by atoms with Crippen LogP contribution in [0, 0.1) is 6.92 Å². The third-order valence-electron chi connectivity index (χ3n) is 3.45. The fourth-order valence-corrected chi connectivity index (χ4v) is 2.97. The summed E-state index contributed by atoms with van der Waals surface area (Å²) < 4.78 is 6.91. The maximum atomic E-state index is 9.22. The predicted molar refractivity (Wildman–Crippen MR) is 87.1 cm³/mol. The maximum Gasteiger partial charge on any atom is 0.222 e. The van der Waals surface area contributed by atoms with Gasteiger partial charge in [-0.05, 0) is 42.3 Å². The van der Waals surface area contributed by atoms with Gasteiger partial charge in [0.25, 0.3) is 0 Å². The summed E-state index contributed by atoms with van der Waals surface area (Å²) in [6, 6.07) is 9.49. The molecule has 1 N–H and O–H groups in total. The fraction of sp³-hybridized carbons (Fsp3) is 0.188. The van der Waals surface area contributed by atoms with Crippen LogP contribution in [0.3, 0.4) is 0 Å². The molecule has 2 aromatic carbocycles. The van der Waals surface area contributed by atoms with E-state index in [0.29, 0.717) is 23.2 Å². The standard InChI is InChI=1S/C16H13BrClNO2/c1-9-12(3-2-4-13(9)17)16-19-7-11-5-10(8-20)6-14(18)15(11)21-16/h2-6,20H,7-8H2,1H3. The first-order valence-electron chi connectivity index (χ1n) is 6.50. The topological polar surface area (TPSA) is 41.8 Å². The molecule has 2 aromatic rings. The summed E-state index contributed by atoms with van der Waals surface area (Å²) >= 11 is 9.76. The molecule has 1 heterocycles. The first kappa shape index (κ1) is 14.6. The highest BCUT2D eigenvalue weighted by molar-refractivity contribution is 9.10.